The van der Waals surface area contributed by atoms with Gasteiger partial charge in [0.25, 0.3) is 0 Å². The van der Waals surface area contributed by atoms with E-state index in [9.17, 15) is 13.2 Å². The fourth-order valence-electron chi connectivity index (χ4n) is 2.21. The molecule has 2 rings (SSSR count). The van der Waals surface area contributed by atoms with Gasteiger partial charge in [0.1, 0.15) is 0 Å². The van der Waals surface area contributed by atoms with Crippen molar-refractivity contribution in [2.45, 2.75) is 25.6 Å². The molecule has 2 N–H and O–H groups in total. The van der Waals surface area contributed by atoms with Crippen molar-refractivity contribution in [2.24, 2.45) is 0 Å². The number of anilines is 1. The predicted octanol–water partition coefficient (Wildman–Crippen LogP) is 5.14. The van der Waals surface area contributed by atoms with Crippen LogP contribution in [0.3, 0.4) is 0 Å². The Kier molecular flexibility index (Phi) is 5.60. The summed E-state index contributed by atoms with van der Waals surface area (Å²) in [6.45, 7) is 2.01. The van der Waals surface area contributed by atoms with Crippen LogP contribution in [0.5, 0.6) is 0 Å². The summed E-state index contributed by atoms with van der Waals surface area (Å²) in [5, 5.41) is 6.23. The second kappa shape index (κ2) is 7.46. The molecule has 23 heavy (non-hydrogen) atoms. The zero-order valence-electron chi connectivity index (χ0n) is 12.5. The summed E-state index contributed by atoms with van der Waals surface area (Å²) < 4.78 is 38.1. The van der Waals surface area contributed by atoms with Crippen molar-refractivity contribution in [2.75, 3.05) is 5.32 Å². The van der Waals surface area contributed by atoms with E-state index in [2.05, 4.69) is 10.6 Å². The van der Waals surface area contributed by atoms with E-state index in [-0.39, 0.29) is 6.04 Å². The highest BCUT2D eigenvalue weighted by Crippen LogP contribution is 2.30. The highest BCUT2D eigenvalue weighted by molar-refractivity contribution is 7.80. The second-order valence-corrected chi connectivity index (χ2v) is 5.46. The molecule has 0 heterocycles. The number of nitrogens with one attached hydrogen (secondary N) is 2. The van der Waals surface area contributed by atoms with E-state index < -0.39 is 11.7 Å². The van der Waals surface area contributed by atoms with Crippen molar-refractivity contribution in [3.05, 3.63) is 65.7 Å². The maximum absolute atomic E-state index is 12.7. The van der Waals surface area contributed by atoms with Crippen LogP contribution in [0.4, 0.5) is 18.9 Å². The lowest BCUT2D eigenvalue weighted by Crippen LogP contribution is -2.32. The van der Waals surface area contributed by atoms with E-state index in [1.807, 2.05) is 37.3 Å². The fraction of sp³-hybridized carbons (Fsp3) is 0.235. The van der Waals surface area contributed by atoms with Gasteiger partial charge in [0.2, 0.25) is 0 Å². The Bertz CT molecular complexity index is 656. The number of hydrogen-bond donors (Lipinski definition) is 2. The van der Waals surface area contributed by atoms with E-state index in [0.29, 0.717) is 10.8 Å². The maximum atomic E-state index is 12.7. The van der Waals surface area contributed by atoms with Crippen molar-refractivity contribution < 1.29 is 13.2 Å². The van der Waals surface area contributed by atoms with E-state index in [1.54, 1.807) is 6.07 Å². The van der Waals surface area contributed by atoms with Gasteiger partial charge in [-0.1, -0.05) is 43.3 Å². The lowest BCUT2D eigenvalue weighted by molar-refractivity contribution is -0.137. The van der Waals surface area contributed by atoms with Gasteiger partial charge in [-0.25, -0.2) is 0 Å². The Morgan fingerprint density at radius 3 is 2.39 bits per heavy atom. The van der Waals surface area contributed by atoms with E-state index in [1.165, 1.54) is 6.07 Å². The van der Waals surface area contributed by atoms with Crippen LogP contribution in [-0.4, -0.2) is 5.11 Å². The molecule has 1 atom stereocenters. The van der Waals surface area contributed by atoms with Gasteiger partial charge in [-0.3, -0.25) is 0 Å². The molecule has 0 bridgehead atoms. The number of benzene rings is 2. The van der Waals surface area contributed by atoms with Gasteiger partial charge in [0.15, 0.2) is 5.11 Å². The molecule has 0 aliphatic rings. The molecule has 0 fully saturated rings. The van der Waals surface area contributed by atoms with E-state index in [4.69, 9.17) is 12.2 Å². The molecule has 0 aromatic heterocycles. The number of rotatable bonds is 4. The van der Waals surface area contributed by atoms with Gasteiger partial charge in [-0.05, 0) is 42.4 Å². The minimum atomic E-state index is -4.37. The summed E-state index contributed by atoms with van der Waals surface area (Å²) >= 11 is 5.21. The first-order valence-electron chi connectivity index (χ1n) is 7.20. The van der Waals surface area contributed by atoms with Crippen LogP contribution in [-0.2, 0) is 6.18 Å². The topological polar surface area (TPSA) is 24.1 Å². The highest BCUT2D eigenvalue weighted by atomic mass is 32.1. The third-order valence-corrected chi connectivity index (χ3v) is 3.58. The predicted molar refractivity (Wildman–Crippen MR) is 90.3 cm³/mol. The number of alkyl halides is 3. The molecule has 0 amide bonds. The van der Waals surface area contributed by atoms with Crippen LogP contribution >= 0.6 is 12.2 Å². The quantitative estimate of drug-likeness (QED) is 0.755. The van der Waals surface area contributed by atoms with Gasteiger partial charge >= 0.3 is 6.18 Å². The largest absolute Gasteiger partial charge is 0.416 e. The van der Waals surface area contributed by atoms with Crippen LogP contribution < -0.4 is 10.6 Å². The highest BCUT2D eigenvalue weighted by Gasteiger charge is 2.30. The molecule has 122 valence electrons. The minimum Gasteiger partial charge on any atom is -0.356 e. The molecule has 0 aliphatic heterocycles. The van der Waals surface area contributed by atoms with Crippen LogP contribution in [0.1, 0.15) is 30.5 Å². The zero-order valence-corrected chi connectivity index (χ0v) is 13.3. The average Bonchev–Trinajstić information content (AvgIpc) is 2.53. The maximum Gasteiger partial charge on any atom is 0.416 e. The molecular weight excluding hydrogens is 321 g/mol. The number of thiocarbonyl (C=S) groups is 1. The van der Waals surface area contributed by atoms with Gasteiger partial charge in [-0.2, -0.15) is 13.2 Å². The van der Waals surface area contributed by atoms with Gasteiger partial charge < -0.3 is 10.6 Å². The SMILES string of the molecule is CC[C@H](NC(=S)Nc1cccc(C(F)(F)F)c1)c1ccccc1. The summed E-state index contributed by atoms with van der Waals surface area (Å²) in [6.07, 6.45) is -3.57. The molecule has 0 unspecified atom stereocenters. The van der Waals surface area contributed by atoms with Gasteiger partial charge in [0.05, 0.1) is 11.6 Å². The Labute approximate surface area is 138 Å². The minimum absolute atomic E-state index is 0.00185. The molecule has 2 nitrogen and oxygen atoms in total. The summed E-state index contributed by atoms with van der Waals surface area (Å²) in [5.41, 5.74) is 0.670. The first-order valence-corrected chi connectivity index (χ1v) is 7.60. The molecule has 2 aromatic carbocycles. The first kappa shape index (κ1) is 17.3. The second-order valence-electron chi connectivity index (χ2n) is 5.05. The number of hydrogen-bond acceptors (Lipinski definition) is 1. The van der Waals surface area contributed by atoms with Crippen molar-refractivity contribution in [3.8, 4) is 0 Å². The van der Waals surface area contributed by atoms with Crippen molar-refractivity contribution >= 4 is 23.0 Å². The van der Waals surface area contributed by atoms with Crippen molar-refractivity contribution in [1.29, 1.82) is 0 Å². The molecule has 6 heteroatoms. The number of halogens is 3. The lowest BCUT2D eigenvalue weighted by Gasteiger charge is -2.20. The Morgan fingerprint density at radius 1 is 1.09 bits per heavy atom. The Balaban J connectivity index is 2.04. The molecule has 0 aliphatic carbocycles. The zero-order chi connectivity index (χ0) is 16.9. The van der Waals surface area contributed by atoms with Crippen LogP contribution in [0, 0.1) is 0 Å². The molecular formula is C17H17F3N2S. The van der Waals surface area contributed by atoms with Gasteiger partial charge in [-0.15, -0.1) is 0 Å². The third-order valence-electron chi connectivity index (χ3n) is 3.36. The summed E-state index contributed by atoms with van der Waals surface area (Å²) in [7, 11) is 0. The standard InChI is InChI=1S/C17H17F3N2S/c1-2-15(12-7-4-3-5-8-12)22-16(23)21-14-10-6-9-13(11-14)17(18,19)20/h3-11,15H,2H2,1H3,(H2,21,22,23)/t15-/m0/s1. The Hall–Kier alpha value is -2.08. The van der Waals surface area contributed by atoms with E-state index in [0.717, 1.165) is 24.1 Å². The van der Waals surface area contributed by atoms with Gasteiger partial charge in [0, 0.05) is 5.69 Å². The van der Waals surface area contributed by atoms with Crippen LogP contribution in [0.2, 0.25) is 0 Å². The molecule has 0 spiro atoms. The first-order chi connectivity index (χ1) is 10.9. The molecule has 0 saturated carbocycles. The fourth-order valence-corrected chi connectivity index (χ4v) is 2.47. The third kappa shape index (κ3) is 4.96. The van der Waals surface area contributed by atoms with Crippen molar-refractivity contribution in [3.63, 3.8) is 0 Å². The van der Waals surface area contributed by atoms with Crippen LogP contribution in [0.15, 0.2) is 54.6 Å². The summed E-state index contributed by atoms with van der Waals surface area (Å²) in [4.78, 5) is 0. The van der Waals surface area contributed by atoms with Crippen molar-refractivity contribution in [1.82, 2.24) is 5.32 Å². The lowest BCUT2D eigenvalue weighted by atomic mass is 10.1. The molecule has 0 saturated heterocycles. The normalized spacial score (nSPS) is 12.5. The Morgan fingerprint density at radius 2 is 1.78 bits per heavy atom. The van der Waals surface area contributed by atoms with E-state index >= 15 is 0 Å². The summed E-state index contributed by atoms with van der Waals surface area (Å²) in [5.74, 6) is 0. The summed E-state index contributed by atoms with van der Waals surface area (Å²) in [6, 6.07) is 14.7. The monoisotopic (exact) mass is 338 g/mol. The smallest absolute Gasteiger partial charge is 0.356 e. The molecule has 0 radical (unpaired) electrons. The average molecular weight is 338 g/mol. The molecule has 2 aromatic rings. The van der Waals surface area contributed by atoms with Crippen LogP contribution in [0.25, 0.3) is 0 Å².